The smallest absolute Gasteiger partial charge is 0.185 e. The lowest BCUT2D eigenvalue weighted by molar-refractivity contribution is 0.103. The van der Waals surface area contributed by atoms with Crippen LogP contribution in [0.4, 0.5) is 0 Å². The maximum atomic E-state index is 12.3. The molecule has 0 saturated carbocycles. The first-order valence-electron chi connectivity index (χ1n) is 11.7. The lowest BCUT2D eigenvalue weighted by atomic mass is 10.1. The standard InChI is InChI=1S/C32H26O4/c33-31(27-9-5-2-6-10-27)22-14-26-11-17-29(18-12-26)35-23-24-36-30-19-15-28(16-20-30)32(34)21-13-25-7-3-1-4-8-25/h1-22H,23-24H2. The van der Waals surface area contributed by atoms with Gasteiger partial charge in [-0.2, -0.15) is 0 Å². The van der Waals surface area contributed by atoms with E-state index in [1.165, 1.54) is 0 Å². The third-order valence-corrected chi connectivity index (χ3v) is 5.35. The molecule has 4 nitrogen and oxygen atoms in total. The summed E-state index contributed by atoms with van der Waals surface area (Å²) < 4.78 is 11.5. The molecule has 0 aliphatic heterocycles. The van der Waals surface area contributed by atoms with E-state index in [0.717, 1.165) is 16.9 Å². The van der Waals surface area contributed by atoms with Gasteiger partial charge in [-0.05, 0) is 59.7 Å². The molecule has 0 bridgehead atoms. The highest BCUT2D eigenvalue weighted by molar-refractivity contribution is 6.07. The fourth-order valence-corrected chi connectivity index (χ4v) is 3.41. The third kappa shape index (κ3) is 7.40. The molecule has 0 aromatic heterocycles. The van der Waals surface area contributed by atoms with Crippen LogP contribution in [0.1, 0.15) is 31.8 Å². The van der Waals surface area contributed by atoms with Crippen LogP contribution in [0.3, 0.4) is 0 Å². The van der Waals surface area contributed by atoms with Crippen LogP contribution < -0.4 is 9.47 Å². The van der Waals surface area contributed by atoms with E-state index in [2.05, 4.69) is 0 Å². The van der Waals surface area contributed by atoms with E-state index in [4.69, 9.17) is 9.47 Å². The number of allylic oxidation sites excluding steroid dienone is 2. The maximum Gasteiger partial charge on any atom is 0.185 e. The normalized spacial score (nSPS) is 11.0. The Kier molecular flexibility index (Phi) is 8.60. The Bertz CT molecular complexity index is 1320. The summed E-state index contributed by atoms with van der Waals surface area (Å²) in [6.45, 7) is 0.747. The molecule has 0 radical (unpaired) electrons. The second-order valence-corrected chi connectivity index (χ2v) is 7.96. The van der Waals surface area contributed by atoms with Gasteiger partial charge >= 0.3 is 0 Å². The first kappa shape index (κ1) is 24.4. The zero-order chi connectivity index (χ0) is 25.0. The number of carbonyl (C=O) groups is 2. The number of ketones is 2. The van der Waals surface area contributed by atoms with Gasteiger partial charge in [0.1, 0.15) is 24.7 Å². The summed E-state index contributed by atoms with van der Waals surface area (Å²) in [5.74, 6) is 1.30. The molecule has 178 valence electrons. The predicted molar refractivity (Wildman–Crippen MR) is 143 cm³/mol. The summed E-state index contributed by atoms with van der Waals surface area (Å²) in [5, 5.41) is 0. The molecule has 0 fully saturated rings. The van der Waals surface area contributed by atoms with E-state index < -0.39 is 0 Å². The fraction of sp³-hybridized carbons (Fsp3) is 0.0625. The summed E-state index contributed by atoms with van der Waals surface area (Å²) in [5.41, 5.74) is 3.16. The second kappa shape index (κ2) is 12.7. The lowest BCUT2D eigenvalue weighted by Gasteiger charge is -2.09. The van der Waals surface area contributed by atoms with Gasteiger partial charge in [-0.15, -0.1) is 0 Å². The first-order chi connectivity index (χ1) is 17.7. The molecule has 4 rings (SSSR count). The number of rotatable bonds is 11. The monoisotopic (exact) mass is 474 g/mol. The Hall–Kier alpha value is -4.70. The summed E-state index contributed by atoms with van der Waals surface area (Å²) in [6, 6.07) is 33.4. The quantitative estimate of drug-likeness (QED) is 0.134. The fourth-order valence-electron chi connectivity index (χ4n) is 3.41. The van der Waals surface area contributed by atoms with Crippen LogP contribution in [-0.2, 0) is 0 Å². The molecule has 0 aliphatic carbocycles. The highest BCUT2D eigenvalue weighted by Gasteiger charge is 2.03. The molecule has 0 N–H and O–H groups in total. The largest absolute Gasteiger partial charge is 0.490 e. The van der Waals surface area contributed by atoms with Crippen LogP contribution in [0, 0.1) is 0 Å². The molecule has 0 amide bonds. The lowest BCUT2D eigenvalue weighted by Crippen LogP contribution is -2.09. The van der Waals surface area contributed by atoms with Gasteiger partial charge in [-0.1, -0.05) is 84.9 Å². The molecule has 4 aromatic carbocycles. The molecule has 36 heavy (non-hydrogen) atoms. The third-order valence-electron chi connectivity index (χ3n) is 5.35. The maximum absolute atomic E-state index is 12.3. The minimum atomic E-state index is -0.0588. The van der Waals surface area contributed by atoms with Gasteiger partial charge in [-0.25, -0.2) is 0 Å². The molecule has 4 aromatic rings. The predicted octanol–water partition coefficient (Wildman–Crippen LogP) is 6.94. The van der Waals surface area contributed by atoms with Crippen molar-refractivity contribution in [3.8, 4) is 11.5 Å². The summed E-state index contributed by atoms with van der Waals surface area (Å²) >= 11 is 0. The van der Waals surface area contributed by atoms with Crippen molar-refractivity contribution in [2.75, 3.05) is 13.2 Å². The Morgan fingerprint density at radius 2 is 0.917 bits per heavy atom. The van der Waals surface area contributed by atoms with Crippen molar-refractivity contribution in [3.63, 3.8) is 0 Å². The molecule has 4 heteroatoms. The minimum Gasteiger partial charge on any atom is -0.490 e. The zero-order valence-corrected chi connectivity index (χ0v) is 19.7. The Balaban J connectivity index is 1.19. The number of carbonyl (C=O) groups excluding carboxylic acids is 2. The van der Waals surface area contributed by atoms with E-state index in [-0.39, 0.29) is 11.6 Å². The molecular formula is C32H26O4. The van der Waals surface area contributed by atoms with Crippen molar-refractivity contribution < 1.29 is 19.1 Å². The zero-order valence-electron chi connectivity index (χ0n) is 19.7. The van der Waals surface area contributed by atoms with Crippen molar-refractivity contribution >= 4 is 23.7 Å². The van der Waals surface area contributed by atoms with E-state index in [9.17, 15) is 9.59 Å². The minimum absolute atomic E-state index is 0.0332. The van der Waals surface area contributed by atoms with Crippen molar-refractivity contribution in [1.82, 2.24) is 0 Å². The average molecular weight is 475 g/mol. The molecule has 0 spiro atoms. The number of benzene rings is 4. The van der Waals surface area contributed by atoms with Crippen molar-refractivity contribution in [1.29, 1.82) is 0 Å². The van der Waals surface area contributed by atoms with Crippen LogP contribution in [0.5, 0.6) is 11.5 Å². The molecule has 0 saturated heterocycles. The number of hydrogen-bond acceptors (Lipinski definition) is 4. The molecule has 0 heterocycles. The SMILES string of the molecule is O=C(C=Cc1ccc(OCCOc2ccc(C(=O)C=Cc3ccccc3)cc2)cc1)c1ccccc1. The van der Waals surface area contributed by atoms with Crippen molar-refractivity contribution in [2.24, 2.45) is 0 Å². The highest BCUT2D eigenvalue weighted by Crippen LogP contribution is 2.16. The van der Waals surface area contributed by atoms with Gasteiger partial charge in [0.15, 0.2) is 11.6 Å². The second-order valence-electron chi connectivity index (χ2n) is 7.96. The van der Waals surface area contributed by atoms with Crippen LogP contribution in [0.2, 0.25) is 0 Å². The van der Waals surface area contributed by atoms with Gasteiger partial charge in [0, 0.05) is 11.1 Å². The Morgan fingerprint density at radius 1 is 0.500 bits per heavy atom. The van der Waals surface area contributed by atoms with Crippen molar-refractivity contribution in [2.45, 2.75) is 0 Å². The highest BCUT2D eigenvalue weighted by atomic mass is 16.5. The van der Waals surface area contributed by atoms with Crippen molar-refractivity contribution in [3.05, 3.63) is 144 Å². The van der Waals surface area contributed by atoms with E-state index in [0.29, 0.717) is 30.1 Å². The average Bonchev–Trinajstić information content (AvgIpc) is 2.94. The molecule has 0 unspecified atom stereocenters. The molecule has 0 atom stereocenters. The van der Waals surface area contributed by atoms with Crippen LogP contribution >= 0.6 is 0 Å². The molecular weight excluding hydrogens is 448 g/mol. The number of ether oxygens (including phenoxy) is 2. The molecule has 0 aliphatic rings. The van der Waals surface area contributed by atoms with Crippen LogP contribution in [0.25, 0.3) is 12.2 Å². The van der Waals surface area contributed by atoms with Gasteiger partial charge in [0.2, 0.25) is 0 Å². The van der Waals surface area contributed by atoms with Crippen LogP contribution in [0.15, 0.2) is 121 Å². The van der Waals surface area contributed by atoms with Gasteiger partial charge in [0.05, 0.1) is 0 Å². The van der Waals surface area contributed by atoms with Gasteiger partial charge in [-0.3, -0.25) is 9.59 Å². The van der Waals surface area contributed by atoms with E-state index in [1.807, 2.05) is 72.8 Å². The Morgan fingerprint density at radius 3 is 1.44 bits per heavy atom. The topological polar surface area (TPSA) is 52.6 Å². The summed E-state index contributed by atoms with van der Waals surface area (Å²) in [4.78, 5) is 24.5. The van der Waals surface area contributed by atoms with Gasteiger partial charge in [0.25, 0.3) is 0 Å². The summed E-state index contributed by atoms with van der Waals surface area (Å²) in [6.07, 6.45) is 6.73. The van der Waals surface area contributed by atoms with Crippen LogP contribution in [-0.4, -0.2) is 24.8 Å². The van der Waals surface area contributed by atoms with Gasteiger partial charge < -0.3 is 9.47 Å². The number of hydrogen-bond donors (Lipinski definition) is 0. The van der Waals surface area contributed by atoms with E-state index in [1.54, 1.807) is 60.7 Å². The van der Waals surface area contributed by atoms with E-state index >= 15 is 0 Å². The Labute approximate surface area is 211 Å². The first-order valence-corrected chi connectivity index (χ1v) is 11.7. The summed E-state index contributed by atoms with van der Waals surface area (Å²) in [7, 11) is 0.